The van der Waals surface area contributed by atoms with Gasteiger partial charge in [0.1, 0.15) is 0 Å². The number of nitrogens with one attached hydrogen (secondary N) is 1. The number of aliphatic hydroxyl groups is 4. The van der Waals surface area contributed by atoms with Crippen LogP contribution < -0.4 is 5.32 Å². The molecule has 5 N–H and O–H groups in total. The van der Waals surface area contributed by atoms with Crippen molar-refractivity contribution in [1.82, 2.24) is 14.9 Å². The maximum Gasteiger partial charge on any atom is 0.159 e. The number of aryl methyl sites for hydroxylation is 1. The molecule has 3 fully saturated rings. The van der Waals surface area contributed by atoms with Crippen LogP contribution in [0.3, 0.4) is 0 Å². The van der Waals surface area contributed by atoms with E-state index in [-0.39, 0.29) is 34.9 Å². The van der Waals surface area contributed by atoms with Crippen LogP contribution in [0.4, 0.5) is 0 Å². The fourth-order valence-electron chi connectivity index (χ4n) is 10.0. The van der Waals surface area contributed by atoms with Crippen LogP contribution in [0.15, 0.2) is 42.5 Å². The summed E-state index contributed by atoms with van der Waals surface area (Å²) >= 11 is 0. The molecule has 1 heterocycles. The van der Waals surface area contributed by atoms with Crippen LogP contribution in [0.5, 0.6) is 0 Å². The van der Waals surface area contributed by atoms with E-state index >= 15 is 0 Å². The maximum atomic E-state index is 13.9. The van der Waals surface area contributed by atoms with Crippen molar-refractivity contribution in [2.45, 2.75) is 110 Å². The standard InChI is InChI=1S/C35H55N3O5/c1-21(32(3,4)12-14-38-15-13-37-20-38)16-27(39)22(2)24-9-11-35(43)26-17-28(40)30-23(19-36-7)31(42)29(41)18-33(30,5)25(26)8-10-34(24,35)6/h13,15,17,20,22-25,27,29-31,36,39,41-43H,1,8-12,14,16,18-19H2,2-7H3/t22-,23-,24+,25-,27+,29-,30-,31+,33+,34+,35+/m0/s1. The molecule has 0 aliphatic heterocycles. The van der Waals surface area contributed by atoms with Gasteiger partial charge in [0, 0.05) is 42.7 Å². The van der Waals surface area contributed by atoms with Gasteiger partial charge in [-0.3, -0.25) is 4.79 Å². The number of carbonyl (C=O) groups excluding carboxylic acids is 1. The van der Waals surface area contributed by atoms with Crippen molar-refractivity contribution < 1.29 is 25.2 Å². The molecule has 8 heteroatoms. The number of nitrogens with zero attached hydrogens (tertiary/aromatic N) is 2. The summed E-state index contributed by atoms with van der Waals surface area (Å²) in [5.74, 6) is -0.815. The average Bonchev–Trinajstić information content (AvgIpc) is 3.56. The molecule has 11 atom stereocenters. The Morgan fingerprint density at radius 3 is 2.63 bits per heavy atom. The fraction of sp³-hybridized carbons (Fsp3) is 0.771. The number of fused-ring (bicyclic) bond motifs is 5. The summed E-state index contributed by atoms with van der Waals surface area (Å²) in [7, 11) is 1.81. The van der Waals surface area contributed by atoms with E-state index in [9.17, 15) is 25.2 Å². The van der Waals surface area contributed by atoms with Crippen LogP contribution in [-0.4, -0.2) is 73.3 Å². The molecule has 43 heavy (non-hydrogen) atoms. The Balaban J connectivity index is 1.35. The van der Waals surface area contributed by atoms with Crippen molar-refractivity contribution in [2.24, 2.45) is 45.8 Å². The SMILES string of the molecule is C=C(C[C@@H](O)[C@@H](C)[C@H]1CC[C@@]2(O)C3=CC(=O)[C@@H]4[C@H](CNC)[C@@H](O)[C@@H](O)C[C@]4(C)[C@H]3CC[C@]12C)C(C)(C)CCn1ccnc1. The Labute approximate surface area is 257 Å². The summed E-state index contributed by atoms with van der Waals surface area (Å²) in [5.41, 5.74) is -0.449. The summed E-state index contributed by atoms with van der Waals surface area (Å²) < 4.78 is 2.06. The molecule has 0 saturated heterocycles. The molecule has 0 spiro atoms. The number of carbonyl (C=O) groups is 1. The Morgan fingerprint density at radius 1 is 1.26 bits per heavy atom. The molecule has 8 nitrogen and oxygen atoms in total. The normalized spacial score (nSPS) is 40.7. The highest BCUT2D eigenvalue weighted by Crippen LogP contribution is 2.68. The highest BCUT2D eigenvalue weighted by atomic mass is 16.3. The van der Waals surface area contributed by atoms with Gasteiger partial charge in [-0.2, -0.15) is 0 Å². The molecule has 1 aromatic heterocycles. The molecule has 4 aliphatic carbocycles. The van der Waals surface area contributed by atoms with Gasteiger partial charge >= 0.3 is 0 Å². The molecule has 1 aromatic rings. The van der Waals surface area contributed by atoms with Gasteiger partial charge < -0.3 is 30.3 Å². The first-order valence-electron chi connectivity index (χ1n) is 16.4. The quantitative estimate of drug-likeness (QED) is 0.259. The summed E-state index contributed by atoms with van der Waals surface area (Å²) in [6.45, 7) is 16.4. The molecule has 0 unspecified atom stereocenters. The Hall–Kier alpha value is -1.84. The second-order valence-electron chi connectivity index (χ2n) is 15.7. The average molecular weight is 598 g/mol. The van der Waals surface area contributed by atoms with E-state index in [4.69, 9.17) is 0 Å². The molecular formula is C35H55N3O5. The summed E-state index contributed by atoms with van der Waals surface area (Å²) in [6.07, 6.45) is 9.54. The zero-order chi connectivity index (χ0) is 31.5. The number of imidazole rings is 1. The fourth-order valence-corrected chi connectivity index (χ4v) is 10.0. The molecule has 0 bridgehead atoms. The molecule has 0 radical (unpaired) electrons. The summed E-state index contributed by atoms with van der Waals surface area (Å²) in [5, 5.41) is 49.1. The number of aromatic nitrogens is 2. The van der Waals surface area contributed by atoms with Crippen LogP contribution in [0.2, 0.25) is 0 Å². The van der Waals surface area contributed by atoms with Crippen LogP contribution in [0, 0.1) is 45.8 Å². The lowest BCUT2D eigenvalue weighted by Crippen LogP contribution is -2.64. The maximum absolute atomic E-state index is 13.9. The number of allylic oxidation sites excluding steroid dienone is 1. The van der Waals surface area contributed by atoms with Crippen molar-refractivity contribution in [3.05, 3.63) is 42.5 Å². The van der Waals surface area contributed by atoms with Crippen LogP contribution in [0.1, 0.15) is 79.6 Å². The Morgan fingerprint density at radius 2 is 1.98 bits per heavy atom. The first-order valence-corrected chi connectivity index (χ1v) is 16.4. The van der Waals surface area contributed by atoms with Crippen molar-refractivity contribution in [2.75, 3.05) is 13.6 Å². The van der Waals surface area contributed by atoms with Crippen LogP contribution >= 0.6 is 0 Å². The number of hydrogen-bond donors (Lipinski definition) is 5. The van der Waals surface area contributed by atoms with Gasteiger partial charge in [-0.15, -0.1) is 0 Å². The van der Waals surface area contributed by atoms with Crippen molar-refractivity contribution in [1.29, 1.82) is 0 Å². The van der Waals surface area contributed by atoms with E-state index in [0.29, 0.717) is 25.8 Å². The van der Waals surface area contributed by atoms with E-state index in [1.165, 1.54) is 0 Å². The lowest BCUT2D eigenvalue weighted by atomic mass is 9.44. The molecule has 0 amide bonds. The third-order valence-corrected chi connectivity index (χ3v) is 13.1. The lowest BCUT2D eigenvalue weighted by molar-refractivity contribution is -0.169. The van der Waals surface area contributed by atoms with E-state index in [0.717, 1.165) is 43.4 Å². The highest BCUT2D eigenvalue weighted by Gasteiger charge is 2.68. The number of hydrogen-bond acceptors (Lipinski definition) is 7. The third kappa shape index (κ3) is 5.19. The first-order chi connectivity index (χ1) is 20.1. The minimum atomic E-state index is -1.14. The largest absolute Gasteiger partial charge is 0.393 e. The van der Waals surface area contributed by atoms with Gasteiger partial charge in [-0.25, -0.2) is 4.98 Å². The van der Waals surface area contributed by atoms with Crippen molar-refractivity contribution in [3.8, 4) is 0 Å². The summed E-state index contributed by atoms with van der Waals surface area (Å²) in [4.78, 5) is 18.0. The number of aliphatic hydroxyl groups excluding tert-OH is 3. The molecular weight excluding hydrogens is 542 g/mol. The summed E-state index contributed by atoms with van der Waals surface area (Å²) in [6, 6.07) is 0. The first kappa shape index (κ1) is 32.6. The van der Waals surface area contributed by atoms with E-state index < -0.39 is 40.7 Å². The molecule has 0 aromatic carbocycles. The van der Waals surface area contributed by atoms with Crippen molar-refractivity contribution in [3.63, 3.8) is 0 Å². The van der Waals surface area contributed by atoms with Gasteiger partial charge in [0.05, 0.1) is 30.2 Å². The van der Waals surface area contributed by atoms with Gasteiger partial charge in [-0.1, -0.05) is 46.8 Å². The second-order valence-corrected chi connectivity index (χ2v) is 15.7. The Kier molecular flexibility index (Phi) is 8.71. The highest BCUT2D eigenvalue weighted by molar-refractivity contribution is 5.95. The van der Waals surface area contributed by atoms with Gasteiger partial charge in [0.15, 0.2) is 5.78 Å². The zero-order valence-corrected chi connectivity index (χ0v) is 27.1. The zero-order valence-electron chi connectivity index (χ0n) is 27.1. The van der Waals surface area contributed by atoms with E-state index in [2.05, 4.69) is 56.1 Å². The Bertz CT molecular complexity index is 1230. The lowest BCUT2D eigenvalue weighted by Gasteiger charge is -2.61. The van der Waals surface area contributed by atoms with Gasteiger partial charge in [-0.05, 0) is 92.2 Å². The van der Waals surface area contributed by atoms with Gasteiger partial charge in [0.25, 0.3) is 0 Å². The minimum Gasteiger partial charge on any atom is -0.393 e. The van der Waals surface area contributed by atoms with E-state index in [1.807, 2.05) is 12.5 Å². The van der Waals surface area contributed by atoms with Crippen molar-refractivity contribution >= 4 is 5.78 Å². The monoisotopic (exact) mass is 597 g/mol. The van der Waals surface area contributed by atoms with Gasteiger partial charge in [0.2, 0.25) is 0 Å². The topological polar surface area (TPSA) is 128 Å². The predicted molar refractivity (Wildman–Crippen MR) is 167 cm³/mol. The number of ketones is 1. The molecule has 240 valence electrons. The van der Waals surface area contributed by atoms with E-state index in [1.54, 1.807) is 19.3 Å². The second kappa shape index (κ2) is 11.5. The van der Waals surface area contributed by atoms with Crippen LogP contribution in [0.25, 0.3) is 0 Å². The predicted octanol–water partition coefficient (Wildman–Crippen LogP) is 3.89. The minimum absolute atomic E-state index is 0.0372. The number of rotatable bonds is 10. The molecule has 3 saturated carbocycles. The third-order valence-electron chi connectivity index (χ3n) is 13.1. The smallest absolute Gasteiger partial charge is 0.159 e. The molecule has 4 aliphatic rings. The molecule has 5 rings (SSSR count). The van der Waals surface area contributed by atoms with Crippen LogP contribution in [-0.2, 0) is 11.3 Å².